The molecular formula is C11H15FS. The Labute approximate surface area is 83.5 Å². The number of benzene rings is 1. The minimum Gasteiger partial charge on any atom is -0.207 e. The van der Waals surface area contributed by atoms with Gasteiger partial charge in [-0.1, -0.05) is 26.0 Å². The zero-order chi connectivity index (χ0) is 9.68. The smallest absolute Gasteiger partial charge is 0.123 e. The number of hydrogen-bond donors (Lipinski definition) is 0. The fraction of sp³-hybridized carbons (Fsp3) is 0.455. The van der Waals surface area contributed by atoms with Gasteiger partial charge in [0.1, 0.15) is 5.82 Å². The van der Waals surface area contributed by atoms with E-state index in [0.717, 1.165) is 12.2 Å². The maximum absolute atomic E-state index is 12.5. The van der Waals surface area contributed by atoms with Crippen LogP contribution < -0.4 is 0 Å². The summed E-state index contributed by atoms with van der Waals surface area (Å²) in [4.78, 5) is 0. The molecule has 0 radical (unpaired) electrons. The predicted octanol–water partition coefficient (Wildman–Crippen LogP) is 3.51. The Morgan fingerprint density at radius 1 is 1.23 bits per heavy atom. The largest absolute Gasteiger partial charge is 0.207 e. The summed E-state index contributed by atoms with van der Waals surface area (Å²) in [5, 5.41) is 0.681. The highest BCUT2D eigenvalue weighted by Gasteiger charge is 1.96. The van der Waals surface area contributed by atoms with Gasteiger partial charge in [-0.15, -0.1) is 0 Å². The van der Waals surface area contributed by atoms with Crippen molar-refractivity contribution in [2.24, 2.45) is 0 Å². The number of aryl methyl sites for hydroxylation is 1. The summed E-state index contributed by atoms with van der Waals surface area (Å²) < 4.78 is 12.5. The molecule has 0 spiro atoms. The van der Waals surface area contributed by atoms with Crippen LogP contribution in [-0.4, -0.2) is 11.0 Å². The molecule has 1 aromatic carbocycles. The summed E-state index contributed by atoms with van der Waals surface area (Å²) >= 11 is 1.94. The van der Waals surface area contributed by atoms with Crippen LogP contribution in [0, 0.1) is 5.82 Å². The third-order valence-electron chi connectivity index (χ3n) is 1.76. The molecule has 0 bridgehead atoms. The molecule has 0 unspecified atom stereocenters. The normalized spacial score (nSPS) is 10.8. The Bertz CT molecular complexity index is 241. The quantitative estimate of drug-likeness (QED) is 0.713. The van der Waals surface area contributed by atoms with Gasteiger partial charge in [0.15, 0.2) is 0 Å². The van der Waals surface area contributed by atoms with Gasteiger partial charge in [0.25, 0.3) is 0 Å². The van der Waals surface area contributed by atoms with Crippen LogP contribution in [0.2, 0.25) is 0 Å². The highest BCUT2D eigenvalue weighted by Crippen LogP contribution is 2.12. The molecule has 0 aliphatic rings. The Hall–Kier alpha value is -0.500. The third kappa shape index (κ3) is 4.32. The standard InChI is InChI=1S/C11H15FS/c1-9(2)13-8-7-10-3-5-11(12)6-4-10/h3-6,9H,7-8H2,1-2H3. The van der Waals surface area contributed by atoms with Gasteiger partial charge in [-0.3, -0.25) is 0 Å². The SMILES string of the molecule is CC(C)SCCc1ccc(F)cc1. The van der Waals surface area contributed by atoms with E-state index in [0.29, 0.717) is 5.25 Å². The van der Waals surface area contributed by atoms with Crippen molar-refractivity contribution in [1.82, 2.24) is 0 Å². The molecule has 0 heterocycles. The van der Waals surface area contributed by atoms with Gasteiger partial charge in [-0.05, 0) is 35.1 Å². The van der Waals surface area contributed by atoms with Crippen molar-refractivity contribution in [3.63, 3.8) is 0 Å². The summed E-state index contributed by atoms with van der Waals surface area (Å²) in [5.74, 6) is 0.962. The minimum atomic E-state index is -0.153. The van der Waals surface area contributed by atoms with Gasteiger partial charge in [0.05, 0.1) is 0 Å². The van der Waals surface area contributed by atoms with E-state index in [1.807, 2.05) is 23.9 Å². The van der Waals surface area contributed by atoms with E-state index >= 15 is 0 Å². The van der Waals surface area contributed by atoms with Gasteiger partial charge >= 0.3 is 0 Å². The van der Waals surface area contributed by atoms with Crippen LogP contribution >= 0.6 is 11.8 Å². The lowest BCUT2D eigenvalue weighted by molar-refractivity contribution is 0.627. The highest BCUT2D eigenvalue weighted by molar-refractivity contribution is 7.99. The summed E-state index contributed by atoms with van der Waals surface area (Å²) in [6.45, 7) is 4.38. The highest BCUT2D eigenvalue weighted by atomic mass is 32.2. The van der Waals surface area contributed by atoms with Crippen molar-refractivity contribution >= 4 is 11.8 Å². The zero-order valence-electron chi connectivity index (χ0n) is 8.09. The summed E-state index contributed by atoms with van der Waals surface area (Å²) in [7, 11) is 0. The maximum atomic E-state index is 12.5. The number of hydrogen-bond acceptors (Lipinski definition) is 1. The van der Waals surface area contributed by atoms with E-state index in [1.165, 1.54) is 17.7 Å². The lowest BCUT2D eigenvalue weighted by Gasteiger charge is -2.04. The van der Waals surface area contributed by atoms with Crippen molar-refractivity contribution in [1.29, 1.82) is 0 Å². The average molecular weight is 198 g/mol. The molecule has 0 nitrogen and oxygen atoms in total. The van der Waals surface area contributed by atoms with Crippen molar-refractivity contribution in [3.8, 4) is 0 Å². The molecule has 2 heteroatoms. The molecule has 0 saturated heterocycles. The molecule has 0 aliphatic carbocycles. The Morgan fingerprint density at radius 2 is 1.85 bits per heavy atom. The third-order valence-corrected chi connectivity index (χ3v) is 2.86. The molecule has 0 saturated carbocycles. The molecule has 13 heavy (non-hydrogen) atoms. The van der Waals surface area contributed by atoms with Gasteiger partial charge < -0.3 is 0 Å². The first-order valence-electron chi connectivity index (χ1n) is 4.54. The minimum absolute atomic E-state index is 0.153. The first kappa shape index (κ1) is 10.6. The second-order valence-corrected chi connectivity index (χ2v) is 4.98. The van der Waals surface area contributed by atoms with E-state index in [9.17, 15) is 4.39 Å². The van der Waals surface area contributed by atoms with Crippen LogP contribution in [0.1, 0.15) is 19.4 Å². The predicted molar refractivity (Wildman–Crippen MR) is 57.7 cm³/mol. The van der Waals surface area contributed by atoms with Gasteiger partial charge in [0.2, 0.25) is 0 Å². The van der Waals surface area contributed by atoms with Crippen LogP contribution in [0.15, 0.2) is 24.3 Å². The van der Waals surface area contributed by atoms with Crippen molar-refractivity contribution in [3.05, 3.63) is 35.6 Å². The lowest BCUT2D eigenvalue weighted by Crippen LogP contribution is -1.93. The van der Waals surface area contributed by atoms with E-state index in [-0.39, 0.29) is 5.82 Å². The van der Waals surface area contributed by atoms with Crippen LogP contribution in [0.3, 0.4) is 0 Å². The molecule has 0 aliphatic heterocycles. The van der Waals surface area contributed by atoms with Crippen molar-refractivity contribution < 1.29 is 4.39 Å². The maximum Gasteiger partial charge on any atom is 0.123 e. The van der Waals surface area contributed by atoms with E-state index < -0.39 is 0 Å². The summed E-state index contributed by atoms with van der Waals surface area (Å²) in [5.41, 5.74) is 1.22. The summed E-state index contributed by atoms with van der Waals surface area (Å²) in [6, 6.07) is 6.76. The zero-order valence-corrected chi connectivity index (χ0v) is 8.90. The summed E-state index contributed by atoms with van der Waals surface area (Å²) in [6.07, 6.45) is 1.03. The monoisotopic (exact) mass is 198 g/mol. The first-order valence-corrected chi connectivity index (χ1v) is 5.59. The van der Waals surface area contributed by atoms with Crippen LogP contribution in [-0.2, 0) is 6.42 Å². The number of rotatable bonds is 4. The first-order chi connectivity index (χ1) is 6.18. The Balaban J connectivity index is 2.33. The molecule has 72 valence electrons. The lowest BCUT2D eigenvalue weighted by atomic mass is 10.2. The molecule has 0 amide bonds. The topological polar surface area (TPSA) is 0 Å². The van der Waals surface area contributed by atoms with Gasteiger partial charge in [-0.25, -0.2) is 4.39 Å². The number of halogens is 1. The Kier molecular flexibility index (Phi) is 4.29. The van der Waals surface area contributed by atoms with Crippen LogP contribution in [0.4, 0.5) is 4.39 Å². The molecule has 0 fully saturated rings. The molecule has 0 atom stereocenters. The molecule has 1 aromatic rings. The van der Waals surface area contributed by atoms with Crippen molar-refractivity contribution in [2.75, 3.05) is 5.75 Å². The van der Waals surface area contributed by atoms with E-state index in [2.05, 4.69) is 13.8 Å². The van der Waals surface area contributed by atoms with Crippen molar-refractivity contribution in [2.45, 2.75) is 25.5 Å². The Morgan fingerprint density at radius 3 is 2.38 bits per heavy atom. The van der Waals surface area contributed by atoms with Gasteiger partial charge in [-0.2, -0.15) is 11.8 Å². The second kappa shape index (κ2) is 5.28. The molecule has 1 rings (SSSR count). The molecule has 0 N–H and O–H groups in total. The van der Waals surface area contributed by atoms with E-state index in [1.54, 1.807) is 0 Å². The van der Waals surface area contributed by atoms with Gasteiger partial charge in [0, 0.05) is 0 Å². The fourth-order valence-corrected chi connectivity index (χ4v) is 1.89. The number of thioether (sulfide) groups is 1. The molecule has 0 aromatic heterocycles. The molecular weight excluding hydrogens is 183 g/mol. The van der Waals surface area contributed by atoms with Crippen LogP contribution in [0.5, 0.6) is 0 Å². The second-order valence-electron chi connectivity index (χ2n) is 3.30. The van der Waals surface area contributed by atoms with Crippen LogP contribution in [0.25, 0.3) is 0 Å². The average Bonchev–Trinajstić information content (AvgIpc) is 2.08. The fourth-order valence-electron chi connectivity index (χ4n) is 1.06. The van der Waals surface area contributed by atoms with E-state index in [4.69, 9.17) is 0 Å².